The van der Waals surface area contributed by atoms with Crippen LogP contribution in [0, 0.1) is 0 Å². The Morgan fingerprint density at radius 2 is 1.90 bits per heavy atom. The molecular formula is C12H13F3O4S. The summed E-state index contributed by atoms with van der Waals surface area (Å²) < 4.78 is 50.0. The number of para-hydroxylation sites is 2. The van der Waals surface area contributed by atoms with Crippen molar-refractivity contribution in [2.75, 3.05) is 25.2 Å². The first-order valence-electron chi connectivity index (χ1n) is 5.54. The van der Waals surface area contributed by atoms with Crippen LogP contribution in [0.4, 0.5) is 13.2 Å². The molecule has 0 bridgehead atoms. The number of rotatable bonds is 7. The van der Waals surface area contributed by atoms with Gasteiger partial charge in [-0.15, -0.1) is 24.9 Å². The van der Waals surface area contributed by atoms with E-state index in [1.54, 1.807) is 6.07 Å². The third-order valence-electron chi connectivity index (χ3n) is 2.01. The molecule has 112 valence electrons. The number of thioether (sulfide) groups is 1. The number of hydrogen-bond donors (Lipinski definition) is 0. The molecule has 0 atom stereocenters. The quantitative estimate of drug-likeness (QED) is 0.572. The first kappa shape index (κ1) is 16.5. The zero-order valence-electron chi connectivity index (χ0n) is 10.6. The number of methoxy groups -OCH3 is 1. The minimum absolute atomic E-state index is 0.00323. The number of alkyl halides is 3. The van der Waals surface area contributed by atoms with Crippen molar-refractivity contribution in [1.29, 1.82) is 0 Å². The molecule has 0 amide bonds. The minimum Gasteiger partial charge on any atom is -0.489 e. The van der Waals surface area contributed by atoms with E-state index in [1.165, 1.54) is 37.1 Å². The lowest BCUT2D eigenvalue weighted by atomic mass is 10.3. The van der Waals surface area contributed by atoms with E-state index in [9.17, 15) is 18.0 Å². The van der Waals surface area contributed by atoms with E-state index in [0.29, 0.717) is 5.75 Å². The molecule has 0 N–H and O–H groups in total. The molecule has 20 heavy (non-hydrogen) atoms. The van der Waals surface area contributed by atoms with Crippen LogP contribution in [-0.4, -0.2) is 37.6 Å². The highest BCUT2D eigenvalue weighted by Gasteiger charge is 2.32. The molecule has 0 heterocycles. The molecule has 0 saturated carbocycles. The Balaban J connectivity index is 2.42. The molecule has 0 saturated heterocycles. The summed E-state index contributed by atoms with van der Waals surface area (Å²) >= 11 is 1.26. The summed E-state index contributed by atoms with van der Waals surface area (Å²) in [6.45, 7) is 0.153. The third-order valence-corrected chi connectivity index (χ3v) is 2.90. The van der Waals surface area contributed by atoms with Gasteiger partial charge in [0, 0.05) is 5.75 Å². The molecule has 0 aromatic heterocycles. The van der Waals surface area contributed by atoms with E-state index in [1.807, 2.05) is 0 Å². The van der Waals surface area contributed by atoms with Crippen molar-refractivity contribution >= 4 is 17.7 Å². The van der Waals surface area contributed by atoms with Crippen LogP contribution < -0.4 is 9.47 Å². The fourth-order valence-electron chi connectivity index (χ4n) is 1.20. The normalized spacial score (nSPS) is 11.0. The van der Waals surface area contributed by atoms with Gasteiger partial charge in [-0.2, -0.15) is 0 Å². The van der Waals surface area contributed by atoms with Gasteiger partial charge in [0.25, 0.3) is 0 Å². The second kappa shape index (κ2) is 7.88. The first-order valence-corrected chi connectivity index (χ1v) is 6.70. The van der Waals surface area contributed by atoms with Crippen molar-refractivity contribution < 1.29 is 32.2 Å². The molecule has 0 spiro atoms. The highest BCUT2D eigenvalue weighted by atomic mass is 32.2. The van der Waals surface area contributed by atoms with Crippen LogP contribution in [0.15, 0.2) is 24.3 Å². The monoisotopic (exact) mass is 310 g/mol. The molecule has 0 fully saturated rings. The van der Waals surface area contributed by atoms with Crippen LogP contribution >= 0.6 is 11.8 Å². The van der Waals surface area contributed by atoms with Crippen LogP contribution in [-0.2, 0) is 9.53 Å². The molecule has 0 aliphatic heterocycles. The molecule has 4 nitrogen and oxygen atoms in total. The van der Waals surface area contributed by atoms with E-state index in [2.05, 4.69) is 9.47 Å². The number of ether oxygens (including phenoxy) is 3. The highest BCUT2D eigenvalue weighted by Crippen LogP contribution is 2.31. The first-order chi connectivity index (χ1) is 9.42. The van der Waals surface area contributed by atoms with Crippen LogP contribution in [0.5, 0.6) is 11.5 Å². The van der Waals surface area contributed by atoms with Gasteiger partial charge in [-0.1, -0.05) is 12.1 Å². The Morgan fingerprint density at radius 3 is 2.50 bits per heavy atom. The number of halogens is 3. The lowest BCUT2D eigenvalue weighted by molar-refractivity contribution is -0.275. The molecule has 0 aliphatic carbocycles. The second-order valence-corrected chi connectivity index (χ2v) is 4.58. The largest absolute Gasteiger partial charge is 0.573 e. The topological polar surface area (TPSA) is 44.8 Å². The predicted octanol–water partition coefficient (Wildman–Crippen LogP) is 2.87. The Labute approximate surface area is 118 Å². The van der Waals surface area contributed by atoms with Crippen molar-refractivity contribution in [3.05, 3.63) is 24.3 Å². The molecule has 1 aromatic carbocycles. The van der Waals surface area contributed by atoms with Crippen molar-refractivity contribution in [1.82, 2.24) is 0 Å². The fraction of sp³-hybridized carbons (Fsp3) is 0.417. The summed E-state index contributed by atoms with van der Waals surface area (Å²) in [5.74, 6) is -0.145. The summed E-state index contributed by atoms with van der Waals surface area (Å²) in [6, 6.07) is 5.51. The number of esters is 1. The summed E-state index contributed by atoms with van der Waals surface area (Å²) in [4.78, 5) is 10.8. The predicted molar refractivity (Wildman–Crippen MR) is 68.0 cm³/mol. The summed E-state index contributed by atoms with van der Waals surface area (Å²) in [7, 11) is 1.28. The zero-order chi connectivity index (χ0) is 15.0. The average Bonchev–Trinajstić information content (AvgIpc) is 2.38. The van der Waals surface area contributed by atoms with Gasteiger partial charge in [-0.05, 0) is 12.1 Å². The Kier molecular flexibility index (Phi) is 6.50. The Bertz CT molecular complexity index is 437. The standard InChI is InChI=1S/C12H13F3O4S/c1-17-11(16)8-20-7-6-18-9-4-2-3-5-10(9)19-12(13,14)15/h2-5H,6-8H2,1H3. The molecule has 8 heteroatoms. The number of carbonyl (C=O) groups is 1. The van der Waals surface area contributed by atoms with E-state index >= 15 is 0 Å². The zero-order valence-corrected chi connectivity index (χ0v) is 11.4. The summed E-state index contributed by atoms with van der Waals surface area (Å²) in [5, 5.41) is 0. The third kappa shape index (κ3) is 6.55. The molecule has 0 unspecified atom stereocenters. The average molecular weight is 310 g/mol. The van der Waals surface area contributed by atoms with E-state index in [-0.39, 0.29) is 24.1 Å². The van der Waals surface area contributed by atoms with Gasteiger partial charge >= 0.3 is 12.3 Å². The number of hydrogen-bond acceptors (Lipinski definition) is 5. The highest BCUT2D eigenvalue weighted by molar-refractivity contribution is 7.99. The lowest BCUT2D eigenvalue weighted by Gasteiger charge is -2.13. The maximum atomic E-state index is 12.2. The minimum atomic E-state index is -4.76. The van der Waals surface area contributed by atoms with Crippen molar-refractivity contribution in [3.8, 4) is 11.5 Å². The van der Waals surface area contributed by atoms with Crippen molar-refractivity contribution in [2.45, 2.75) is 6.36 Å². The van der Waals surface area contributed by atoms with Gasteiger partial charge in [0.2, 0.25) is 0 Å². The molecule has 0 aliphatic rings. The number of carbonyl (C=O) groups excluding carboxylic acids is 1. The van der Waals surface area contributed by atoms with Crippen LogP contribution in [0.25, 0.3) is 0 Å². The SMILES string of the molecule is COC(=O)CSCCOc1ccccc1OC(F)(F)F. The van der Waals surface area contributed by atoms with E-state index < -0.39 is 12.1 Å². The van der Waals surface area contributed by atoms with Gasteiger partial charge in [0.1, 0.15) is 0 Å². The van der Waals surface area contributed by atoms with E-state index in [0.717, 1.165) is 0 Å². The lowest BCUT2D eigenvalue weighted by Crippen LogP contribution is -2.18. The smallest absolute Gasteiger partial charge is 0.489 e. The van der Waals surface area contributed by atoms with Crippen molar-refractivity contribution in [2.24, 2.45) is 0 Å². The van der Waals surface area contributed by atoms with Crippen LogP contribution in [0.3, 0.4) is 0 Å². The fourth-order valence-corrected chi connectivity index (χ4v) is 1.83. The molecule has 0 radical (unpaired) electrons. The van der Waals surface area contributed by atoms with Gasteiger partial charge in [-0.3, -0.25) is 4.79 Å². The van der Waals surface area contributed by atoms with Gasteiger partial charge in [-0.25, -0.2) is 0 Å². The van der Waals surface area contributed by atoms with Gasteiger partial charge in [0.05, 0.1) is 19.5 Å². The summed E-state index contributed by atoms with van der Waals surface area (Å²) in [6.07, 6.45) is -4.76. The van der Waals surface area contributed by atoms with Gasteiger partial charge < -0.3 is 14.2 Å². The Hall–Kier alpha value is -1.57. The maximum absolute atomic E-state index is 12.2. The molecule has 1 aromatic rings. The molecular weight excluding hydrogens is 297 g/mol. The van der Waals surface area contributed by atoms with Gasteiger partial charge in [0.15, 0.2) is 11.5 Å². The molecule has 1 rings (SSSR count). The maximum Gasteiger partial charge on any atom is 0.573 e. The van der Waals surface area contributed by atoms with Crippen molar-refractivity contribution in [3.63, 3.8) is 0 Å². The van der Waals surface area contributed by atoms with Crippen LogP contribution in [0.2, 0.25) is 0 Å². The van der Waals surface area contributed by atoms with Crippen LogP contribution in [0.1, 0.15) is 0 Å². The Morgan fingerprint density at radius 1 is 1.25 bits per heavy atom. The summed E-state index contributed by atoms with van der Waals surface area (Å²) in [5.41, 5.74) is 0. The number of benzene rings is 1. The second-order valence-electron chi connectivity index (χ2n) is 3.47. The van der Waals surface area contributed by atoms with E-state index in [4.69, 9.17) is 4.74 Å².